The van der Waals surface area contributed by atoms with Crippen LogP contribution in [0.1, 0.15) is 31.4 Å². The zero-order chi connectivity index (χ0) is 19.2. The fraction of sp³-hybridized carbons (Fsp3) is 0.500. The molecule has 0 aromatic heterocycles. The van der Waals surface area contributed by atoms with E-state index in [-0.39, 0.29) is 0 Å². The van der Waals surface area contributed by atoms with Crippen molar-refractivity contribution in [1.82, 2.24) is 9.80 Å². The molecule has 1 saturated heterocycles. The highest BCUT2D eigenvalue weighted by Crippen LogP contribution is 2.22. The Morgan fingerprint density at radius 1 is 0.852 bits per heavy atom. The van der Waals surface area contributed by atoms with Gasteiger partial charge in [0.1, 0.15) is 12.4 Å². The largest absolute Gasteiger partial charge is 0.489 e. The predicted molar refractivity (Wildman–Crippen MR) is 113 cm³/mol. The second kappa shape index (κ2) is 9.38. The summed E-state index contributed by atoms with van der Waals surface area (Å²) in [7, 11) is 4.57. The summed E-state index contributed by atoms with van der Waals surface area (Å²) in [5, 5.41) is 0. The predicted octanol–water partition coefficient (Wildman–Crippen LogP) is 4.47. The first kappa shape index (κ1) is 19.9. The molecule has 0 radical (unpaired) electrons. The van der Waals surface area contributed by atoms with Crippen LogP contribution >= 0.6 is 0 Å². The molecular weight excluding hydrogens is 332 g/mol. The Labute approximate surface area is 164 Å². The minimum atomic E-state index is 0.578. The third-order valence-corrected chi connectivity index (χ3v) is 5.63. The summed E-state index contributed by atoms with van der Waals surface area (Å²) >= 11 is 0. The molecule has 3 rings (SSSR count). The maximum absolute atomic E-state index is 5.91. The Morgan fingerprint density at radius 3 is 2.15 bits per heavy atom. The fourth-order valence-electron chi connectivity index (χ4n) is 4.00. The molecule has 2 atom stereocenters. The summed E-state index contributed by atoms with van der Waals surface area (Å²) < 4.78 is 5.91. The number of hydrogen-bond donors (Lipinski definition) is 0. The number of ether oxygens (including phenoxy) is 1. The van der Waals surface area contributed by atoms with Crippen molar-refractivity contribution in [3.63, 3.8) is 0 Å². The van der Waals surface area contributed by atoms with Crippen LogP contribution in [0.25, 0.3) is 0 Å². The molecule has 3 nitrogen and oxygen atoms in total. The average molecular weight is 367 g/mol. The van der Waals surface area contributed by atoms with Gasteiger partial charge in [0.05, 0.1) is 0 Å². The van der Waals surface area contributed by atoms with Crippen molar-refractivity contribution < 1.29 is 4.74 Å². The second-order valence-electron chi connectivity index (χ2n) is 8.44. The molecule has 0 bridgehead atoms. The molecule has 0 aliphatic carbocycles. The average Bonchev–Trinajstić information content (AvgIpc) is 2.65. The van der Waals surface area contributed by atoms with Gasteiger partial charge >= 0.3 is 0 Å². The van der Waals surface area contributed by atoms with Gasteiger partial charge in [0, 0.05) is 25.2 Å². The topological polar surface area (TPSA) is 15.7 Å². The van der Waals surface area contributed by atoms with E-state index in [2.05, 4.69) is 74.1 Å². The molecule has 0 saturated carbocycles. The zero-order valence-electron chi connectivity index (χ0n) is 17.3. The Kier molecular flexibility index (Phi) is 6.92. The Hall–Kier alpha value is -1.84. The van der Waals surface area contributed by atoms with Gasteiger partial charge in [-0.05, 0) is 56.1 Å². The van der Waals surface area contributed by atoms with Crippen molar-refractivity contribution in [3.8, 4) is 5.75 Å². The van der Waals surface area contributed by atoms with Crippen LogP contribution in [0, 0.1) is 5.92 Å². The normalized spacial score (nSPS) is 21.5. The monoisotopic (exact) mass is 366 g/mol. The minimum absolute atomic E-state index is 0.578. The number of piperazine rings is 1. The first-order chi connectivity index (χ1) is 13.0. The van der Waals surface area contributed by atoms with Crippen molar-refractivity contribution in [2.45, 2.75) is 45.4 Å². The van der Waals surface area contributed by atoms with Crippen LogP contribution in [-0.2, 0) is 13.0 Å². The summed E-state index contributed by atoms with van der Waals surface area (Å²) in [4.78, 5) is 5.11. The lowest BCUT2D eigenvalue weighted by Gasteiger charge is -2.44. The molecule has 27 heavy (non-hydrogen) atoms. The molecule has 146 valence electrons. The van der Waals surface area contributed by atoms with E-state index < -0.39 is 0 Å². The molecule has 0 spiro atoms. The second-order valence-corrected chi connectivity index (χ2v) is 8.44. The smallest absolute Gasteiger partial charge is 0.119 e. The van der Waals surface area contributed by atoms with Gasteiger partial charge in [-0.2, -0.15) is 0 Å². The Morgan fingerprint density at radius 2 is 1.48 bits per heavy atom. The van der Waals surface area contributed by atoms with Crippen LogP contribution in [0.3, 0.4) is 0 Å². The molecule has 0 amide bonds. The maximum Gasteiger partial charge on any atom is 0.119 e. The lowest BCUT2D eigenvalue weighted by Crippen LogP contribution is -2.56. The zero-order valence-corrected chi connectivity index (χ0v) is 17.3. The SMILES string of the molecule is CC(C)C[C@H]1CN(C)[C@@H](Cc2ccc(OCc3ccccc3)cc2)CN1C. The molecule has 1 fully saturated rings. The van der Waals surface area contributed by atoms with Crippen molar-refractivity contribution in [3.05, 3.63) is 65.7 Å². The molecule has 3 heteroatoms. The number of hydrogen-bond acceptors (Lipinski definition) is 3. The van der Waals surface area contributed by atoms with E-state index in [1.807, 2.05) is 18.2 Å². The third kappa shape index (κ3) is 5.82. The van der Waals surface area contributed by atoms with Gasteiger partial charge in [0.25, 0.3) is 0 Å². The molecule has 2 aromatic rings. The molecular formula is C24H34N2O. The van der Waals surface area contributed by atoms with Gasteiger partial charge in [0.15, 0.2) is 0 Å². The number of benzene rings is 2. The van der Waals surface area contributed by atoms with E-state index in [1.54, 1.807) is 0 Å². The lowest BCUT2D eigenvalue weighted by molar-refractivity contribution is 0.0533. The first-order valence-corrected chi connectivity index (χ1v) is 10.2. The van der Waals surface area contributed by atoms with Gasteiger partial charge in [-0.15, -0.1) is 0 Å². The molecule has 0 N–H and O–H groups in total. The van der Waals surface area contributed by atoms with Crippen molar-refractivity contribution in [2.24, 2.45) is 5.92 Å². The van der Waals surface area contributed by atoms with E-state index >= 15 is 0 Å². The van der Waals surface area contributed by atoms with E-state index in [1.165, 1.54) is 17.5 Å². The van der Waals surface area contributed by atoms with Gasteiger partial charge in [0.2, 0.25) is 0 Å². The Bertz CT molecular complexity index is 683. The van der Waals surface area contributed by atoms with Crippen LogP contribution < -0.4 is 4.74 Å². The molecule has 1 aliphatic heterocycles. The summed E-state index contributed by atoms with van der Waals surface area (Å²) in [6, 6.07) is 20.2. The quantitative estimate of drug-likeness (QED) is 0.719. The van der Waals surface area contributed by atoms with E-state index in [0.717, 1.165) is 31.2 Å². The third-order valence-electron chi connectivity index (χ3n) is 5.63. The van der Waals surface area contributed by atoms with E-state index in [9.17, 15) is 0 Å². The first-order valence-electron chi connectivity index (χ1n) is 10.2. The Balaban J connectivity index is 1.52. The van der Waals surface area contributed by atoms with Gasteiger partial charge in [-0.3, -0.25) is 0 Å². The number of nitrogens with zero attached hydrogens (tertiary/aromatic N) is 2. The molecule has 0 unspecified atom stereocenters. The van der Waals surface area contributed by atoms with Crippen LogP contribution in [0.2, 0.25) is 0 Å². The van der Waals surface area contributed by atoms with Gasteiger partial charge in [-0.25, -0.2) is 0 Å². The molecule has 2 aromatic carbocycles. The van der Waals surface area contributed by atoms with Crippen molar-refractivity contribution >= 4 is 0 Å². The van der Waals surface area contributed by atoms with Crippen LogP contribution in [0.4, 0.5) is 0 Å². The number of rotatable bonds is 7. The summed E-state index contributed by atoms with van der Waals surface area (Å²) in [6.45, 7) is 7.56. The highest BCUT2D eigenvalue weighted by Gasteiger charge is 2.29. The van der Waals surface area contributed by atoms with Gasteiger partial charge < -0.3 is 14.5 Å². The summed E-state index contributed by atoms with van der Waals surface area (Å²) in [5.41, 5.74) is 2.58. The van der Waals surface area contributed by atoms with E-state index in [0.29, 0.717) is 18.7 Å². The van der Waals surface area contributed by atoms with E-state index in [4.69, 9.17) is 4.74 Å². The summed E-state index contributed by atoms with van der Waals surface area (Å²) in [5.74, 6) is 1.69. The lowest BCUT2D eigenvalue weighted by atomic mass is 9.96. The molecule has 1 aliphatic rings. The van der Waals surface area contributed by atoms with Crippen molar-refractivity contribution in [1.29, 1.82) is 0 Å². The standard InChI is InChI=1S/C24H34N2O/c1-19(2)14-22-16-26(4)23(17-25(22)3)15-20-10-12-24(13-11-20)27-18-21-8-6-5-7-9-21/h5-13,19,22-23H,14-18H2,1-4H3/t22-,23-/m0/s1. The highest BCUT2D eigenvalue weighted by atomic mass is 16.5. The number of likely N-dealkylation sites (N-methyl/N-ethyl adjacent to an activating group) is 2. The van der Waals surface area contributed by atoms with Crippen molar-refractivity contribution in [2.75, 3.05) is 27.2 Å². The maximum atomic E-state index is 5.91. The van der Waals surface area contributed by atoms with Crippen LogP contribution in [-0.4, -0.2) is 49.1 Å². The fourth-order valence-corrected chi connectivity index (χ4v) is 4.00. The minimum Gasteiger partial charge on any atom is -0.489 e. The van der Waals surface area contributed by atoms with Crippen LogP contribution in [0.15, 0.2) is 54.6 Å². The van der Waals surface area contributed by atoms with Crippen LogP contribution in [0.5, 0.6) is 5.75 Å². The van der Waals surface area contributed by atoms with Gasteiger partial charge in [-0.1, -0.05) is 56.3 Å². The molecule has 1 heterocycles. The highest BCUT2D eigenvalue weighted by molar-refractivity contribution is 5.28. The summed E-state index contributed by atoms with van der Waals surface area (Å²) in [6.07, 6.45) is 2.37.